The summed E-state index contributed by atoms with van der Waals surface area (Å²) < 4.78 is 5.38. The van der Waals surface area contributed by atoms with Gasteiger partial charge < -0.3 is 15.0 Å². The Bertz CT molecular complexity index is 794. The van der Waals surface area contributed by atoms with Crippen LogP contribution >= 0.6 is 0 Å². The van der Waals surface area contributed by atoms with Crippen LogP contribution in [0.15, 0.2) is 0 Å². The lowest BCUT2D eigenvalue weighted by Gasteiger charge is -2.33. The van der Waals surface area contributed by atoms with Crippen LogP contribution in [0.4, 0.5) is 0 Å². The Morgan fingerprint density at radius 3 is 2.84 bits per heavy atom. The molecule has 0 saturated carbocycles. The fraction of sp³-hybridized carbons (Fsp3) is 0.739. The third-order valence-electron chi connectivity index (χ3n) is 6.71. The number of likely N-dealkylation sites (tertiary alicyclic amines) is 1. The van der Waals surface area contributed by atoms with Gasteiger partial charge in [-0.05, 0) is 44.6 Å². The number of aryl methyl sites for hydroxylation is 2. The van der Waals surface area contributed by atoms with Gasteiger partial charge in [0.25, 0.3) is 0 Å². The first-order valence-corrected chi connectivity index (χ1v) is 11.8. The lowest BCUT2D eigenvalue weighted by Crippen LogP contribution is -2.47. The van der Waals surface area contributed by atoms with Crippen molar-refractivity contribution < 1.29 is 14.3 Å². The van der Waals surface area contributed by atoms with Crippen LogP contribution in [-0.2, 0) is 33.6 Å². The van der Waals surface area contributed by atoms with E-state index in [2.05, 4.69) is 22.1 Å². The standard InChI is InChI=1S/C23H35N5O3/c1-17-19-4-2-5-20(19)26-21(25-17)8-9-24-23(30)18-6-7-22(29)28(16-18)11-3-10-27-12-14-31-15-13-27/h18H,2-16H2,1H3,(H,24,30)/t18-/m1/s1. The van der Waals surface area contributed by atoms with E-state index in [1.807, 2.05) is 4.90 Å². The zero-order valence-electron chi connectivity index (χ0n) is 18.7. The number of hydrogen-bond acceptors (Lipinski definition) is 6. The first kappa shape index (κ1) is 22.1. The highest BCUT2D eigenvalue weighted by Crippen LogP contribution is 2.22. The van der Waals surface area contributed by atoms with Crippen LogP contribution in [0.2, 0.25) is 0 Å². The minimum absolute atomic E-state index is 0.0450. The molecule has 0 bridgehead atoms. The van der Waals surface area contributed by atoms with Crippen LogP contribution in [0.3, 0.4) is 0 Å². The molecule has 0 radical (unpaired) electrons. The Kier molecular flexibility index (Phi) is 7.50. The third-order valence-corrected chi connectivity index (χ3v) is 6.71. The predicted octanol–water partition coefficient (Wildman–Crippen LogP) is 0.893. The van der Waals surface area contributed by atoms with Gasteiger partial charge in [0.15, 0.2) is 0 Å². The van der Waals surface area contributed by atoms with Gasteiger partial charge in [-0.3, -0.25) is 14.5 Å². The Hall–Kier alpha value is -2.06. The summed E-state index contributed by atoms with van der Waals surface area (Å²) in [5.74, 6) is 0.919. The molecule has 1 N–H and O–H groups in total. The van der Waals surface area contributed by atoms with E-state index in [-0.39, 0.29) is 17.7 Å². The van der Waals surface area contributed by atoms with Gasteiger partial charge in [0.05, 0.1) is 19.1 Å². The van der Waals surface area contributed by atoms with Gasteiger partial charge in [0, 0.05) is 63.5 Å². The highest BCUT2D eigenvalue weighted by atomic mass is 16.5. The number of nitrogens with zero attached hydrogens (tertiary/aromatic N) is 4. The van der Waals surface area contributed by atoms with Gasteiger partial charge in [0.2, 0.25) is 11.8 Å². The molecule has 0 spiro atoms. The summed E-state index contributed by atoms with van der Waals surface area (Å²) in [5, 5.41) is 3.05. The van der Waals surface area contributed by atoms with E-state index in [4.69, 9.17) is 9.72 Å². The molecule has 1 aromatic rings. The maximum absolute atomic E-state index is 12.7. The second-order valence-electron chi connectivity index (χ2n) is 8.93. The summed E-state index contributed by atoms with van der Waals surface area (Å²) in [4.78, 5) is 38.6. The molecule has 2 fully saturated rings. The molecule has 2 aliphatic heterocycles. The minimum Gasteiger partial charge on any atom is -0.379 e. The average molecular weight is 430 g/mol. The molecule has 3 aliphatic rings. The number of morpholine rings is 1. The van der Waals surface area contributed by atoms with E-state index >= 15 is 0 Å². The smallest absolute Gasteiger partial charge is 0.224 e. The summed E-state index contributed by atoms with van der Waals surface area (Å²) in [6, 6.07) is 0. The van der Waals surface area contributed by atoms with Crippen LogP contribution in [0.5, 0.6) is 0 Å². The molecule has 170 valence electrons. The van der Waals surface area contributed by atoms with Gasteiger partial charge in [-0.2, -0.15) is 0 Å². The van der Waals surface area contributed by atoms with Crippen molar-refractivity contribution in [2.24, 2.45) is 5.92 Å². The van der Waals surface area contributed by atoms with Crippen LogP contribution in [-0.4, -0.2) is 84.1 Å². The van der Waals surface area contributed by atoms with Crippen molar-refractivity contribution >= 4 is 11.8 Å². The van der Waals surface area contributed by atoms with Crippen LogP contribution in [0.25, 0.3) is 0 Å². The van der Waals surface area contributed by atoms with Crippen molar-refractivity contribution in [2.75, 3.05) is 52.5 Å². The summed E-state index contributed by atoms with van der Waals surface area (Å²) in [6.07, 6.45) is 5.97. The van der Waals surface area contributed by atoms with E-state index < -0.39 is 0 Å². The highest BCUT2D eigenvalue weighted by Gasteiger charge is 2.30. The van der Waals surface area contributed by atoms with Crippen molar-refractivity contribution in [2.45, 2.75) is 51.9 Å². The van der Waals surface area contributed by atoms with Gasteiger partial charge >= 0.3 is 0 Å². The number of nitrogens with one attached hydrogen (secondary N) is 1. The number of aromatic nitrogens is 2. The number of ether oxygens (including phenoxy) is 1. The minimum atomic E-state index is -0.122. The van der Waals surface area contributed by atoms with Gasteiger partial charge in [-0.25, -0.2) is 9.97 Å². The molecule has 0 unspecified atom stereocenters. The zero-order valence-corrected chi connectivity index (χ0v) is 18.7. The summed E-state index contributed by atoms with van der Waals surface area (Å²) in [6.45, 7) is 8.34. The van der Waals surface area contributed by atoms with Crippen LogP contribution in [0, 0.1) is 12.8 Å². The SMILES string of the molecule is Cc1nc(CCNC(=O)[C@@H]2CCC(=O)N(CCCN3CCOCC3)C2)nc2c1CCC2. The van der Waals surface area contributed by atoms with Crippen LogP contribution < -0.4 is 5.32 Å². The molecular weight excluding hydrogens is 394 g/mol. The molecule has 4 rings (SSSR count). The second-order valence-corrected chi connectivity index (χ2v) is 8.93. The first-order chi connectivity index (χ1) is 15.1. The number of rotatable bonds is 8. The Morgan fingerprint density at radius 2 is 2.00 bits per heavy atom. The normalized spacial score (nSPS) is 21.9. The molecular formula is C23H35N5O3. The fourth-order valence-corrected chi connectivity index (χ4v) is 4.89. The number of piperidine rings is 1. The molecule has 3 heterocycles. The summed E-state index contributed by atoms with van der Waals surface area (Å²) in [5.41, 5.74) is 3.59. The molecule has 0 aromatic carbocycles. The van der Waals surface area contributed by atoms with E-state index in [9.17, 15) is 9.59 Å². The fourth-order valence-electron chi connectivity index (χ4n) is 4.89. The van der Waals surface area contributed by atoms with Crippen molar-refractivity contribution in [3.8, 4) is 0 Å². The molecule has 2 amide bonds. The number of carbonyl (C=O) groups is 2. The van der Waals surface area contributed by atoms with Crippen molar-refractivity contribution in [3.63, 3.8) is 0 Å². The van der Waals surface area contributed by atoms with E-state index in [1.165, 1.54) is 11.3 Å². The van der Waals surface area contributed by atoms with Gasteiger partial charge in [-0.1, -0.05) is 0 Å². The topological polar surface area (TPSA) is 87.7 Å². The lowest BCUT2D eigenvalue weighted by molar-refractivity contribution is -0.138. The van der Waals surface area contributed by atoms with Crippen LogP contribution in [0.1, 0.15) is 48.5 Å². The van der Waals surface area contributed by atoms with E-state index in [0.717, 1.165) is 76.6 Å². The predicted molar refractivity (Wildman–Crippen MR) is 117 cm³/mol. The summed E-state index contributed by atoms with van der Waals surface area (Å²) >= 11 is 0. The van der Waals surface area contributed by atoms with Gasteiger partial charge in [-0.15, -0.1) is 0 Å². The molecule has 1 atom stereocenters. The maximum Gasteiger partial charge on any atom is 0.224 e. The summed E-state index contributed by atoms with van der Waals surface area (Å²) in [7, 11) is 0. The number of hydrogen-bond donors (Lipinski definition) is 1. The quantitative estimate of drug-likeness (QED) is 0.661. The van der Waals surface area contributed by atoms with E-state index in [1.54, 1.807) is 0 Å². The zero-order chi connectivity index (χ0) is 21.6. The Balaban J connectivity index is 1.20. The molecule has 1 aromatic heterocycles. The third kappa shape index (κ3) is 5.80. The van der Waals surface area contributed by atoms with Crippen molar-refractivity contribution in [1.82, 2.24) is 25.1 Å². The molecule has 1 aliphatic carbocycles. The lowest BCUT2D eigenvalue weighted by atomic mass is 9.96. The Morgan fingerprint density at radius 1 is 1.16 bits per heavy atom. The average Bonchev–Trinajstić information content (AvgIpc) is 3.25. The van der Waals surface area contributed by atoms with E-state index in [0.29, 0.717) is 32.4 Å². The maximum atomic E-state index is 12.7. The molecule has 8 heteroatoms. The Labute approximate surface area is 184 Å². The number of fused-ring (bicyclic) bond motifs is 1. The monoisotopic (exact) mass is 429 g/mol. The number of carbonyl (C=O) groups excluding carboxylic acids is 2. The second kappa shape index (κ2) is 10.5. The molecule has 2 saturated heterocycles. The number of amides is 2. The van der Waals surface area contributed by atoms with Gasteiger partial charge in [0.1, 0.15) is 5.82 Å². The molecule has 31 heavy (non-hydrogen) atoms. The molecule has 8 nitrogen and oxygen atoms in total. The van der Waals surface area contributed by atoms with Crippen molar-refractivity contribution in [1.29, 1.82) is 0 Å². The highest BCUT2D eigenvalue weighted by molar-refractivity contribution is 5.83. The first-order valence-electron chi connectivity index (χ1n) is 11.8. The van der Waals surface area contributed by atoms with Crippen molar-refractivity contribution in [3.05, 3.63) is 22.8 Å². The largest absolute Gasteiger partial charge is 0.379 e.